The SMILES string of the molecule is CC.OCc1cccc(Oc2ccccc2)c1. The zero-order chi connectivity index (χ0) is 12.5. The average Bonchev–Trinajstić information content (AvgIpc) is 2.42. The molecule has 0 fully saturated rings. The first-order valence-corrected chi connectivity index (χ1v) is 5.81. The first-order valence-electron chi connectivity index (χ1n) is 5.81. The van der Waals surface area contributed by atoms with Crippen LogP contribution in [0.15, 0.2) is 54.6 Å². The van der Waals surface area contributed by atoms with E-state index in [1.165, 1.54) is 0 Å². The number of para-hydroxylation sites is 1. The van der Waals surface area contributed by atoms with Gasteiger partial charge in [-0.25, -0.2) is 0 Å². The van der Waals surface area contributed by atoms with E-state index in [1.807, 2.05) is 68.4 Å². The molecule has 2 heteroatoms. The van der Waals surface area contributed by atoms with Crippen LogP contribution in [-0.2, 0) is 6.61 Å². The van der Waals surface area contributed by atoms with Crippen LogP contribution >= 0.6 is 0 Å². The molecule has 0 spiro atoms. The molecule has 0 heterocycles. The van der Waals surface area contributed by atoms with E-state index in [0.29, 0.717) is 0 Å². The highest BCUT2D eigenvalue weighted by atomic mass is 16.5. The predicted octanol–water partition coefficient (Wildman–Crippen LogP) is 4.00. The Morgan fingerprint density at radius 3 is 2.18 bits per heavy atom. The second kappa shape index (κ2) is 7.47. The molecule has 0 atom stereocenters. The smallest absolute Gasteiger partial charge is 0.127 e. The van der Waals surface area contributed by atoms with Crippen LogP contribution in [0.1, 0.15) is 19.4 Å². The highest BCUT2D eigenvalue weighted by molar-refractivity contribution is 5.33. The maximum Gasteiger partial charge on any atom is 0.127 e. The molecule has 0 amide bonds. The van der Waals surface area contributed by atoms with Crippen molar-refractivity contribution >= 4 is 0 Å². The number of aliphatic hydroxyl groups is 1. The van der Waals surface area contributed by atoms with E-state index < -0.39 is 0 Å². The second-order valence-electron chi connectivity index (χ2n) is 3.22. The number of hydrogen-bond donors (Lipinski definition) is 1. The normalized spacial score (nSPS) is 9.12. The van der Waals surface area contributed by atoms with Gasteiger partial charge in [-0.15, -0.1) is 0 Å². The number of benzene rings is 2. The van der Waals surface area contributed by atoms with Crippen LogP contribution in [0.2, 0.25) is 0 Å². The summed E-state index contributed by atoms with van der Waals surface area (Å²) in [7, 11) is 0. The molecule has 17 heavy (non-hydrogen) atoms. The van der Waals surface area contributed by atoms with Crippen molar-refractivity contribution in [1.82, 2.24) is 0 Å². The monoisotopic (exact) mass is 230 g/mol. The van der Waals surface area contributed by atoms with Gasteiger partial charge in [0.2, 0.25) is 0 Å². The van der Waals surface area contributed by atoms with Gasteiger partial charge in [-0.05, 0) is 29.8 Å². The van der Waals surface area contributed by atoms with E-state index in [1.54, 1.807) is 0 Å². The van der Waals surface area contributed by atoms with Gasteiger partial charge >= 0.3 is 0 Å². The molecule has 0 saturated carbocycles. The number of aliphatic hydroxyl groups excluding tert-OH is 1. The molecular weight excluding hydrogens is 212 g/mol. The fourth-order valence-electron chi connectivity index (χ4n) is 1.33. The lowest BCUT2D eigenvalue weighted by Gasteiger charge is -2.06. The summed E-state index contributed by atoms with van der Waals surface area (Å²) in [4.78, 5) is 0. The molecule has 0 aliphatic rings. The molecule has 2 rings (SSSR count). The van der Waals surface area contributed by atoms with E-state index in [0.717, 1.165) is 17.1 Å². The Labute approximate surface area is 102 Å². The van der Waals surface area contributed by atoms with Crippen LogP contribution in [-0.4, -0.2) is 5.11 Å². The molecule has 0 aliphatic carbocycles. The van der Waals surface area contributed by atoms with Crippen molar-refractivity contribution in [3.8, 4) is 11.5 Å². The van der Waals surface area contributed by atoms with Crippen molar-refractivity contribution in [3.63, 3.8) is 0 Å². The van der Waals surface area contributed by atoms with Crippen LogP contribution in [0.5, 0.6) is 11.5 Å². The Hall–Kier alpha value is -1.80. The largest absolute Gasteiger partial charge is 0.457 e. The molecule has 2 aromatic rings. The number of rotatable bonds is 3. The summed E-state index contributed by atoms with van der Waals surface area (Å²) in [5, 5.41) is 8.97. The molecule has 1 N–H and O–H groups in total. The molecule has 0 unspecified atom stereocenters. The van der Waals surface area contributed by atoms with E-state index >= 15 is 0 Å². The summed E-state index contributed by atoms with van der Waals surface area (Å²) in [6.07, 6.45) is 0. The zero-order valence-corrected chi connectivity index (χ0v) is 10.3. The molecule has 2 nitrogen and oxygen atoms in total. The van der Waals surface area contributed by atoms with Gasteiger partial charge in [0, 0.05) is 0 Å². The average molecular weight is 230 g/mol. The molecular formula is C15H18O2. The van der Waals surface area contributed by atoms with Crippen LogP contribution < -0.4 is 4.74 Å². The molecule has 0 aromatic heterocycles. The van der Waals surface area contributed by atoms with E-state index in [2.05, 4.69) is 0 Å². The van der Waals surface area contributed by atoms with Crippen molar-refractivity contribution in [1.29, 1.82) is 0 Å². The minimum absolute atomic E-state index is 0.0337. The Kier molecular flexibility index (Phi) is 5.83. The van der Waals surface area contributed by atoms with Crippen molar-refractivity contribution in [2.45, 2.75) is 20.5 Å². The lowest BCUT2D eigenvalue weighted by Crippen LogP contribution is -1.86. The van der Waals surface area contributed by atoms with E-state index in [9.17, 15) is 0 Å². The van der Waals surface area contributed by atoms with Crippen molar-refractivity contribution in [3.05, 3.63) is 60.2 Å². The van der Waals surface area contributed by atoms with Gasteiger partial charge in [-0.1, -0.05) is 44.2 Å². The summed E-state index contributed by atoms with van der Waals surface area (Å²) >= 11 is 0. The minimum Gasteiger partial charge on any atom is -0.457 e. The number of hydrogen-bond acceptors (Lipinski definition) is 2. The molecule has 0 saturated heterocycles. The van der Waals surface area contributed by atoms with Gasteiger partial charge in [-0.2, -0.15) is 0 Å². The molecule has 0 aliphatic heterocycles. The van der Waals surface area contributed by atoms with Crippen molar-refractivity contribution in [2.75, 3.05) is 0 Å². The van der Waals surface area contributed by atoms with Crippen LogP contribution in [0.3, 0.4) is 0 Å². The maximum atomic E-state index is 8.97. The van der Waals surface area contributed by atoms with Gasteiger partial charge < -0.3 is 9.84 Å². The van der Waals surface area contributed by atoms with Gasteiger partial charge in [0.15, 0.2) is 0 Å². The summed E-state index contributed by atoms with van der Waals surface area (Å²) < 4.78 is 5.61. The van der Waals surface area contributed by atoms with Crippen molar-refractivity contribution in [2.24, 2.45) is 0 Å². The predicted molar refractivity (Wildman–Crippen MR) is 70.2 cm³/mol. The summed E-state index contributed by atoms with van der Waals surface area (Å²) in [5.74, 6) is 1.54. The minimum atomic E-state index is 0.0337. The summed E-state index contributed by atoms with van der Waals surface area (Å²) in [5.41, 5.74) is 0.850. The van der Waals surface area contributed by atoms with Crippen LogP contribution in [0, 0.1) is 0 Å². The zero-order valence-electron chi connectivity index (χ0n) is 10.3. The van der Waals surface area contributed by atoms with E-state index in [4.69, 9.17) is 9.84 Å². The Balaban J connectivity index is 0.000000686. The first kappa shape index (κ1) is 13.3. The lowest BCUT2D eigenvalue weighted by atomic mass is 10.2. The number of ether oxygens (including phenoxy) is 1. The Morgan fingerprint density at radius 2 is 1.53 bits per heavy atom. The quantitative estimate of drug-likeness (QED) is 0.863. The maximum absolute atomic E-state index is 8.97. The third kappa shape index (κ3) is 4.29. The Bertz CT molecular complexity index is 424. The first-order chi connectivity index (χ1) is 8.38. The third-order valence-electron chi connectivity index (χ3n) is 2.06. The molecule has 90 valence electrons. The molecule has 2 aromatic carbocycles. The third-order valence-corrected chi connectivity index (χ3v) is 2.06. The van der Waals surface area contributed by atoms with Crippen LogP contribution in [0.25, 0.3) is 0 Å². The summed E-state index contributed by atoms with van der Waals surface area (Å²) in [6, 6.07) is 17.0. The lowest BCUT2D eigenvalue weighted by molar-refractivity contribution is 0.281. The second-order valence-corrected chi connectivity index (χ2v) is 3.22. The summed E-state index contributed by atoms with van der Waals surface area (Å²) in [6.45, 7) is 4.03. The van der Waals surface area contributed by atoms with Gasteiger partial charge in [0.1, 0.15) is 11.5 Å². The highest BCUT2D eigenvalue weighted by Gasteiger charge is 1.97. The van der Waals surface area contributed by atoms with E-state index in [-0.39, 0.29) is 6.61 Å². The van der Waals surface area contributed by atoms with Crippen molar-refractivity contribution < 1.29 is 9.84 Å². The molecule has 0 radical (unpaired) electrons. The fourth-order valence-corrected chi connectivity index (χ4v) is 1.33. The Morgan fingerprint density at radius 1 is 0.882 bits per heavy atom. The van der Waals surface area contributed by atoms with Gasteiger partial charge in [0.05, 0.1) is 6.61 Å². The standard InChI is InChI=1S/C13H12O2.C2H6/c14-10-11-5-4-8-13(9-11)15-12-6-2-1-3-7-12;1-2/h1-9,14H,10H2;1-2H3. The van der Waals surface area contributed by atoms with Crippen LogP contribution in [0.4, 0.5) is 0 Å². The fraction of sp³-hybridized carbons (Fsp3) is 0.200. The van der Waals surface area contributed by atoms with Gasteiger partial charge in [-0.3, -0.25) is 0 Å². The van der Waals surface area contributed by atoms with Gasteiger partial charge in [0.25, 0.3) is 0 Å². The molecule has 0 bridgehead atoms. The highest BCUT2D eigenvalue weighted by Crippen LogP contribution is 2.21. The topological polar surface area (TPSA) is 29.5 Å².